The number of H-pyrrole nitrogens is 1. The minimum Gasteiger partial charge on any atom is -0.504 e. The van der Waals surface area contributed by atoms with Crippen LogP contribution in [0.3, 0.4) is 0 Å². The van der Waals surface area contributed by atoms with E-state index < -0.39 is 0 Å². The first-order valence-corrected chi connectivity index (χ1v) is 7.91. The van der Waals surface area contributed by atoms with Crippen molar-refractivity contribution < 1.29 is 9.84 Å². The second kappa shape index (κ2) is 8.86. The summed E-state index contributed by atoms with van der Waals surface area (Å²) in [5, 5.41) is 14.2. The van der Waals surface area contributed by atoms with Crippen LogP contribution in [0.5, 0.6) is 11.5 Å². The summed E-state index contributed by atoms with van der Waals surface area (Å²) in [4.78, 5) is 19.0. The number of aromatic hydroxyl groups is 1. The van der Waals surface area contributed by atoms with Gasteiger partial charge in [-0.05, 0) is 36.2 Å². The van der Waals surface area contributed by atoms with Gasteiger partial charge in [-0.2, -0.15) is 5.10 Å². The Bertz CT molecular complexity index is 1050. The van der Waals surface area contributed by atoms with Gasteiger partial charge in [0.05, 0.1) is 24.4 Å². The fraction of sp³-hybridized carbons (Fsp3) is 0.105. The van der Waals surface area contributed by atoms with Gasteiger partial charge in [0.2, 0.25) is 5.82 Å². The number of aromatic amines is 1. The highest BCUT2D eigenvalue weighted by molar-refractivity contribution is 5.85. The van der Waals surface area contributed by atoms with E-state index in [0.717, 1.165) is 0 Å². The SMILES string of the molecule is C=CCc1cc(C=NNc2nc3ccccc3[nH]c2=O)cc(OC)c1O.Cl. The predicted octanol–water partition coefficient (Wildman–Crippen LogP) is 3.23. The quantitative estimate of drug-likeness (QED) is 0.343. The zero-order chi connectivity index (χ0) is 18.5. The number of fused-ring (bicyclic) bond motifs is 1. The zero-order valence-corrected chi connectivity index (χ0v) is 15.4. The van der Waals surface area contributed by atoms with Gasteiger partial charge in [0.15, 0.2) is 11.5 Å². The number of nitrogens with one attached hydrogen (secondary N) is 2. The number of hydrogen-bond acceptors (Lipinski definition) is 6. The summed E-state index contributed by atoms with van der Waals surface area (Å²) in [6.07, 6.45) is 3.69. The first kappa shape index (κ1) is 20.0. The second-order valence-electron chi connectivity index (χ2n) is 5.53. The number of aromatic nitrogens is 2. The maximum atomic E-state index is 12.0. The van der Waals surface area contributed by atoms with Crippen LogP contribution in [0.1, 0.15) is 11.1 Å². The van der Waals surface area contributed by atoms with Gasteiger partial charge in [-0.3, -0.25) is 10.2 Å². The number of rotatable bonds is 6. The van der Waals surface area contributed by atoms with E-state index in [-0.39, 0.29) is 29.5 Å². The van der Waals surface area contributed by atoms with Crippen molar-refractivity contribution in [2.45, 2.75) is 6.42 Å². The van der Waals surface area contributed by atoms with Gasteiger partial charge in [-0.15, -0.1) is 19.0 Å². The molecule has 0 saturated heterocycles. The van der Waals surface area contributed by atoms with E-state index in [2.05, 4.69) is 27.1 Å². The second-order valence-corrected chi connectivity index (χ2v) is 5.53. The van der Waals surface area contributed by atoms with Gasteiger partial charge in [-0.1, -0.05) is 18.2 Å². The number of halogens is 1. The van der Waals surface area contributed by atoms with Gasteiger partial charge >= 0.3 is 0 Å². The van der Waals surface area contributed by atoms with Crippen LogP contribution in [0.15, 0.2) is 58.9 Å². The first-order valence-electron chi connectivity index (χ1n) is 7.91. The lowest BCUT2D eigenvalue weighted by atomic mass is 10.1. The van der Waals surface area contributed by atoms with Crippen molar-refractivity contribution in [3.05, 3.63) is 70.5 Å². The molecule has 0 bridgehead atoms. The highest BCUT2D eigenvalue weighted by atomic mass is 35.5. The number of benzene rings is 2. The Morgan fingerprint density at radius 2 is 2.15 bits per heavy atom. The molecule has 0 fully saturated rings. The van der Waals surface area contributed by atoms with Crippen molar-refractivity contribution in [1.82, 2.24) is 9.97 Å². The molecule has 0 spiro atoms. The lowest BCUT2D eigenvalue weighted by Gasteiger charge is -2.09. The molecule has 3 aromatic rings. The molecule has 3 rings (SSSR count). The molecule has 2 aromatic carbocycles. The highest BCUT2D eigenvalue weighted by Gasteiger charge is 2.09. The van der Waals surface area contributed by atoms with Crippen LogP contribution >= 0.6 is 12.4 Å². The number of para-hydroxylation sites is 2. The number of hydrogen-bond donors (Lipinski definition) is 3. The molecule has 8 heteroatoms. The van der Waals surface area contributed by atoms with E-state index in [0.29, 0.717) is 34.3 Å². The summed E-state index contributed by atoms with van der Waals surface area (Å²) in [6.45, 7) is 3.67. The molecule has 1 aromatic heterocycles. The molecule has 27 heavy (non-hydrogen) atoms. The van der Waals surface area contributed by atoms with Gasteiger partial charge in [0.25, 0.3) is 5.56 Å². The molecular formula is C19H19ClN4O3. The molecule has 0 amide bonds. The topological polar surface area (TPSA) is 99.6 Å². The largest absolute Gasteiger partial charge is 0.504 e. The van der Waals surface area contributed by atoms with E-state index in [1.54, 1.807) is 30.3 Å². The molecule has 140 valence electrons. The Hall–Kier alpha value is -3.32. The fourth-order valence-electron chi connectivity index (χ4n) is 2.50. The molecule has 0 aliphatic carbocycles. The molecule has 7 nitrogen and oxygen atoms in total. The molecular weight excluding hydrogens is 368 g/mol. The van der Waals surface area contributed by atoms with Crippen molar-refractivity contribution in [2.75, 3.05) is 12.5 Å². The number of methoxy groups -OCH3 is 1. The first-order chi connectivity index (χ1) is 12.6. The average molecular weight is 387 g/mol. The number of ether oxygens (including phenoxy) is 1. The third kappa shape index (κ3) is 4.45. The molecule has 0 radical (unpaired) electrons. The summed E-state index contributed by atoms with van der Waals surface area (Å²) in [5.74, 6) is 0.509. The van der Waals surface area contributed by atoms with Crippen molar-refractivity contribution in [2.24, 2.45) is 5.10 Å². The molecule has 0 unspecified atom stereocenters. The normalized spacial score (nSPS) is 10.6. The molecule has 0 aliphatic rings. The lowest BCUT2D eigenvalue weighted by molar-refractivity contribution is 0.371. The van der Waals surface area contributed by atoms with Gasteiger partial charge in [0.1, 0.15) is 0 Å². The van der Waals surface area contributed by atoms with Crippen LogP contribution in [0.4, 0.5) is 5.82 Å². The summed E-state index contributed by atoms with van der Waals surface area (Å²) in [6, 6.07) is 10.6. The summed E-state index contributed by atoms with van der Waals surface area (Å²) in [7, 11) is 1.48. The molecule has 3 N–H and O–H groups in total. The number of anilines is 1. The monoisotopic (exact) mass is 386 g/mol. The number of phenolic OH excluding ortho intramolecular Hbond substituents is 1. The molecule has 0 aliphatic heterocycles. The van der Waals surface area contributed by atoms with Crippen molar-refractivity contribution >= 4 is 35.5 Å². The number of nitrogens with zero attached hydrogens (tertiary/aromatic N) is 2. The molecule has 0 saturated carbocycles. The third-order valence-electron chi connectivity index (χ3n) is 3.74. The maximum absolute atomic E-state index is 12.0. The van der Waals surface area contributed by atoms with E-state index in [1.165, 1.54) is 13.3 Å². The number of phenols is 1. The lowest BCUT2D eigenvalue weighted by Crippen LogP contribution is -2.13. The Morgan fingerprint density at radius 1 is 1.37 bits per heavy atom. The Labute approximate surface area is 161 Å². The smallest absolute Gasteiger partial charge is 0.293 e. The van der Waals surface area contributed by atoms with Crippen LogP contribution in [-0.4, -0.2) is 28.4 Å². The fourth-order valence-corrected chi connectivity index (χ4v) is 2.50. The third-order valence-corrected chi connectivity index (χ3v) is 3.74. The molecule has 0 atom stereocenters. The van der Waals surface area contributed by atoms with Gasteiger partial charge < -0.3 is 14.8 Å². The van der Waals surface area contributed by atoms with Crippen LogP contribution in [0.2, 0.25) is 0 Å². The van der Waals surface area contributed by atoms with Crippen LogP contribution < -0.4 is 15.7 Å². The van der Waals surface area contributed by atoms with E-state index >= 15 is 0 Å². The van der Waals surface area contributed by atoms with E-state index in [4.69, 9.17) is 4.74 Å². The average Bonchev–Trinajstić information content (AvgIpc) is 2.64. The van der Waals surface area contributed by atoms with Crippen LogP contribution in [0, 0.1) is 0 Å². The van der Waals surface area contributed by atoms with E-state index in [1.807, 2.05) is 12.1 Å². The van der Waals surface area contributed by atoms with Crippen LogP contribution in [0.25, 0.3) is 11.0 Å². The Morgan fingerprint density at radius 3 is 2.89 bits per heavy atom. The van der Waals surface area contributed by atoms with E-state index in [9.17, 15) is 9.90 Å². The van der Waals surface area contributed by atoms with Crippen molar-refractivity contribution in [3.63, 3.8) is 0 Å². The van der Waals surface area contributed by atoms with Crippen molar-refractivity contribution in [1.29, 1.82) is 0 Å². The van der Waals surface area contributed by atoms with Gasteiger partial charge in [-0.25, -0.2) is 4.98 Å². The number of hydrazone groups is 1. The Balaban J connectivity index is 0.00000261. The summed E-state index contributed by atoms with van der Waals surface area (Å²) >= 11 is 0. The molecule has 1 heterocycles. The van der Waals surface area contributed by atoms with Crippen molar-refractivity contribution in [3.8, 4) is 11.5 Å². The predicted molar refractivity (Wildman–Crippen MR) is 109 cm³/mol. The standard InChI is InChI=1S/C19H18N4O3.ClH/c1-3-6-13-9-12(10-16(26-2)17(13)24)11-20-23-18-19(25)22-15-8-5-4-7-14(15)21-18;/h3-5,7-11,24H,1,6H2,2H3,(H,21,23)(H,22,25);1H. The summed E-state index contributed by atoms with van der Waals surface area (Å²) in [5.41, 5.74) is 4.96. The van der Waals surface area contributed by atoms with Gasteiger partial charge in [0, 0.05) is 5.56 Å². The summed E-state index contributed by atoms with van der Waals surface area (Å²) < 4.78 is 5.17. The number of allylic oxidation sites excluding steroid dienone is 1. The zero-order valence-electron chi connectivity index (χ0n) is 14.6. The minimum atomic E-state index is -0.364. The maximum Gasteiger partial charge on any atom is 0.293 e. The Kier molecular flexibility index (Phi) is 6.56. The minimum absolute atomic E-state index is 0. The van der Waals surface area contributed by atoms with Crippen LogP contribution in [-0.2, 0) is 6.42 Å². The highest BCUT2D eigenvalue weighted by Crippen LogP contribution is 2.31.